The van der Waals surface area contributed by atoms with E-state index in [-0.39, 0.29) is 0 Å². The van der Waals surface area contributed by atoms with Crippen LogP contribution in [0.15, 0.2) is 0 Å². The molecule has 0 saturated heterocycles. The monoisotopic (exact) mass is 534 g/mol. The summed E-state index contributed by atoms with van der Waals surface area (Å²) in [6, 6.07) is 0. The second-order valence-corrected chi connectivity index (χ2v) is 7.31. The molecule has 0 heterocycles. The molecule has 0 aromatic carbocycles. The third-order valence-corrected chi connectivity index (χ3v) is 5.71. The zero-order valence-corrected chi connectivity index (χ0v) is 13.4. The lowest BCUT2D eigenvalue weighted by Gasteiger charge is -2.59. The molecule has 3 unspecified atom stereocenters. The molecular weight excluding hydrogens is 532 g/mol. The van der Waals surface area contributed by atoms with Crippen LogP contribution in [0, 0.1) is 11.8 Å². The molecule has 0 amide bonds. The lowest BCUT2D eigenvalue weighted by atomic mass is 9.59. The van der Waals surface area contributed by atoms with Crippen LogP contribution in [0.1, 0.15) is 0 Å². The van der Waals surface area contributed by atoms with Gasteiger partial charge in [-0.2, -0.15) is 61.5 Å². The molecule has 0 N–H and O–H groups in total. The van der Waals surface area contributed by atoms with Gasteiger partial charge in [-0.25, -0.2) is 4.39 Å². The predicted molar refractivity (Wildman–Crippen MR) is 59.5 cm³/mol. The summed E-state index contributed by atoms with van der Waals surface area (Å²) in [6.45, 7) is 0. The van der Waals surface area contributed by atoms with Gasteiger partial charge in [0.2, 0.25) is 3.68 Å². The minimum Gasteiger partial charge on any atom is -0.225 e. The van der Waals surface area contributed by atoms with Gasteiger partial charge in [-0.3, -0.25) is 0 Å². The summed E-state index contributed by atoms with van der Waals surface area (Å²) in [5.74, 6) is -60.8. The van der Waals surface area contributed by atoms with Gasteiger partial charge in [0, 0.05) is 0 Å². The highest BCUT2D eigenvalue weighted by molar-refractivity contribution is 14.1. The third kappa shape index (κ3) is 1.83. The van der Waals surface area contributed by atoms with Crippen LogP contribution in [-0.2, 0) is 0 Å². The largest absolute Gasteiger partial charge is 0.378 e. The molecule has 0 aromatic heterocycles. The van der Waals surface area contributed by atoms with E-state index in [0.717, 1.165) is 0 Å². The molecule has 2 aliphatic rings. The van der Waals surface area contributed by atoms with E-state index in [0.29, 0.717) is 0 Å². The van der Waals surface area contributed by atoms with Crippen molar-refractivity contribution >= 4 is 22.6 Å². The fraction of sp³-hybridized carbons (Fsp3) is 1.00. The van der Waals surface area contributed by atoms with Crippen molar-refractivity contribution in [3.63, 3.8) is 0 Å². The lowest BCUT2D eigenvalue weighted by Crippen LogP contribution is -2.85. The van der Waals surface area contributed by atoms with E-state index in [9.17, 15) is 65.9 Å². The molecule has 16 heteroatoms. The molecule has 0 bridgehead atoms. The third-order valence-electron chi connectivity index (χ3n) is 4.36. The van der Waals surface area contributed by atoms with Gasteiger partial charge in [0.15, 0.2) is 0 Å². The Kier molecular flexibility index (Phi) is 4.06. The molecule has 154 valence electrons. The van der Waals surface area contributed by atoms with Crippen LogP contribution in [0.4, 0.5) is 65.9 Å². The maximum atomic E-state index is 14.1. The first kappa shape index (κ1) is 22.0. The number of hydrogen-bond acceptors (Lipinski definition) is 0. The highest BCUT2D eigenvalue weighted by Gasteiger charge is 3.01. The van der Waals surface area contributed by atoms with Crippen molar-refractivity contribution in [1.29, 1.82) is 0 Å². The molecule has 2 rings (SSSR count). The standard InChI is InChI=1S/C10H2F15I/c11-3(12)1-2(5(15,16)8(20,21)7(3,18)19)6(17,26)10(24,25)9(22,23)4(1,13)14/h1-2H. The van der Waals surface area contributed by atoms with Gasteiger partial charge < -0.3 is 0 Å². The molecular formula is C10H2F15I. The van der Waals surface area contributed by atoms with Crippen LogP contribution >= 0.6 is 22.6 Å². The summed E-state index contributed by atoms with van der Waals surface area (Å²) in [6.07, 6.45) is 0. The molecule has 3 atom stereocenters. The fourth-order valence-electron chi connectivity index (χ4n) is 2.91. The Morgan fingerprint density at radius 1 is 0.385 bits per heavy atom. The Hall–Kier alpha value is -0.320. The van der Waals surface area contributed by atoms with E-state index in [4.69, 9.17) is 0 Å². The second kappa shape index (κ2) is 4.80. The molecule has 0 nitrogen and oxygen atoms in total. The van der Waals surface area contributed by atoms with Gasteiger partial charge in [0.05, 0.1) is 5.92 Å². The SMILES string of the molecule is FC1(F)C2C(C(F)(F)C(F)(F)C1(F)F)C(F)(I)C(F)(F)C(F)(F)C2(F)F. The van der Waals surface area contributed by atoms with Crippen LogP contribution in [-0.4, -0.2) is 45.1 Å². The lowest BCUT2D eigenvalue weighted by molar-refractivity contribution is -0.488. The number of halogens is 16. The van der Waals surface area contributed by atoms with Crippen molar-refractivity contribution in [2.24, 2.45) is 11.8 Å². The van der Waals surface area contributed by atoms with Crippen LogP contribution < -0.4 is 0 Å². The summed E-state index contributed by atoms with van der Waals surface area (Å²) in [5.41, 5.74) is 0. The molecule has 2 fully saturated rings. The van der Waals surface area contributed by atoms with E-state index in [1.54, 1.807) is 0 Å². The quantitative estimate of drug-likeness (QED) is 0.210. The van der Waals surface area contributed by atoms with E-state index < -0.39 is 79.6 Å². The van der Waals surface area contributed by atoms with Crippen molar-refractivity contribution in [2.45, 2.75) is 45.1 Å². The number of rotatable bonds is 0. The maximum Gasteiger partial charge on any atom is 0.378 e. The average Bonchev–Trinajstić information content (AvgIpc) is 2.39. The molecule has 0 spiro atoms. The van der Waals surface area contributed by atoms with E-state index >= 15 is 0 Å². The van der Waals surface area contributed by atoms with Crippen molar-refractivity contribution < 1.29 is 65.9 Å². The van der Waals surface area contributed by atoms with Gasteiger partial charge in [0.1, 0.15) is 5.92 Å². The number of alkyl halides is 16. The molecule has 2 aliphatic carbocycles. The first-order valence-corrected chi connectivity index (χ1v) is 7.09. The Morgan fingerprint density at radius 2 is 0.615 bits per heavy atom. The topological polar surface area (TPSA) is 0 Å². The Balaban J connectivity index is 2.99. The maximum absolute atomic E-state index is 14.1. The minimum absolute atomic E-state index is 0.741. The minimum atomic E-state index is -7.39. The van der Waals surface area contributed by atoms with Crippen LogP contribution in [0.25, 0.3) is 0 Å². The van der Waals surface area contributed by atoms with Crippen LogP contribution in [0.3, 0.4) is 0 Å². The Labute approximate surface area is 146 Å². The molecule has 26 heavy (non-hydrogen) atoms. The Bertz CT molecular complexity index is 514. The molecule has 2 saturated carbocycles. The summed E-state index contributed by atoms with van der Waals surface area (Å²) in [4.78, 5) is 0. The average molecular weight is 534 g/mol. The van der Waals surface area contributed by atoms with Gasteiger partial charge >= 0.3 is 41.5 Å². The van der Waals surface area contributed by atoms with Crippen molar-refractivity contribution in [3.8, 4) is 0 Å². The highest BCUT2D eigenvalue weighted by Crippen LogP contribution is 2.76. The molecule has 0 aliphatic heterocycles. The normalized spacial score (nSPS) is 43.4. The highest BCUT2D eigenvalue weighted by atomic mass is 127. The van der Waals surface area contributed by atoms with Crippen LogP contribution in [0.5, 0.6) is 0 Å². The Morgan fingerprint density at radius 3 is 0.923 bits per heavy atom. The van der Waals surface area contributed by atoms with E-state index in [1.807, 2.05) is 0 Å². The number of fused-ring (bicyclic) bond motifs is 1. The summed E-state index contributed by atoms with van der Waals surface area (Å²) < 4.78 is 196. The summed E-state index contributed by atoms with van der Waals surface area (Å²) in [5, 5.41) is 0. The summed E-state index contributed by atoms with van der Waals surface area (Å²) >= 11 is -0.741. The first-order chi connectivity index (χ1) is 11.0. The van der Waals surface area contributed by atoms with Crippen molar-refractivity contribution in [2.75, 3.05) is 0 Å². The number of hydrogen-bond donors (Lipinski definition) is 0. The van der Waals surface area contributed by atoms with E-state index in [1.165, 1.54) is 0 Å². The van der Waals surface area contributed by atoms with Gasteiger partial charge in [-0.15, -0.1) is 0 Å². The zero-order valence-electron chi connectivity index (χ0n) is 11.2. The molecule has 0 aromatic rings. The first-order valence-electron chi connectivity index (χ1n) is 6.01. The molecule has 0 radical (unpaired) electrons. The zero-order chi connectivity index (χ0) is 21.2. The van der Waals surface area contributed by atoms with Crippen molar-refractivity contribution in [3.05, 3.63) is 0 Å². The second-order valence-electron chi connectivity index (χ2n) is 5.74. The van der Waals surface area contributed by atoms with E-state index in [2.05, 4.69) is 0 Å². The van der Waals surface area contributed by atoms with Gasteiger partial charge in [-0.05, 0) is 22.6 Å². The fourth-order valence-corrected chi connectivity index (χ4v) is 4.00. The smallest absolute Gasteiger partial charge is 0.225 e. The van der Waals surface area contributed by atoms with Gasteiger partial charge in [0.25, 0.3) is 0 Å². The predicted octanol–water partition coefficient (Wildman–Crippen LogP) is 5.79. The summed E-state index contributed by atoms with van der Waals surface area (Å²) in [7, 11) is 0. The van der Waals surface area contributed by atoms with Crippen molar-refractivity contribution in [1.82, 2.24) is 0 Å². The van der Waals surface area contributed by atoms with Crippen LogP contribution in [0.2, 0.25) is 0 Å². The van der Waals surface area contributed by atoms with Gasteiger partial charge in [-0.1, -0.05) is 0 Å².